The van der Waals surface area contributed by atoms with E-state index in [1.165, 1.54) is 18.2 Å². The van der Waals surface area contributed by atoms with E-state index in [9.17, 15) is 14.0 Å². The molecule has 86 valence electrons. The Balaban J connectivity index is 2.27. The van der Waals surface area contributed by atoms with E-state index in [0.717, 1.165) is 4.90 Å². The van der Waals surface area contributed by atoms with Gasteiger partial charge < -0.3 is 0 Å². The highest BCUT2D eigenvalue weighted by Crippen LogP contribution is 2.18. The Morgan fingerprint density at radius 1 is 1.29 bits per heavy atom. The first-order chi connectivity index (χ1) is 8.11. The predicted molar refractivity (Wildman–Crippen MR) is 55.9 cm³/mol. The third-order valence-corrected chi connectivity index (χ3v) is 2.66. The van der Waals surface area contributed by atoms with E-state index >= 15 is 0 Å². The molecule has 1 fully saturated rings. The van der Waals surface area contributed by atoms with Crippen LogP contribution in [-0.4, -0.2) is 16.7 Å². The lowest BCUT2D eigenvalue weighted by molar-refractivity contribution is -0.139. The maximum atomic E-state index is 13.5. The maximum absolute atomic E-state index is 13.5. The summed E-state index contributed by atoms with van der Waals surface area (Å²) in [5.74, 6) is -1.11. The van der Waals surface area contributed by atoms with Crippen LogP contribution in [0.2, 0.25) is 0 Å². The fourth-order valence-corrected chi connectivity index (χ4v) is 1.74. The Morgan fingerprint density at radius 3 is 2.53 bits per heavy atom. The maximum Gasteiger partial charge on any atom is 0.229 e. The number of halogens is 1. The van der Waals surface area contributed by atoms with Crippen molar-refractivity contribution in [1.82, 2.24) is 4.90 Å². The molecule has 1 aromatic carbocycles. The summed E-state index contributed by atoms with van der Waals surface area (Å²) in [6.45, 7) is -0.0982. The van der Waals surface area contributed by atoms with Gasteiger partial charge in [-0.2, -0.15) is 5.26 Å². The minimum Gasteiger partial charge on any atom is -0.278 e. The molecule has 1 aliphatic rings. The zero-order valence-corrected chi connectivity index (χ0v) is 8.94. The van der Waals surface area contributed by atoms with Crippen molar-refractivity contribution in [2.75, 3.05) is 0 Å². The fraction of sp³-hybridized carbons (Fsp3) is 0.250. The largest absolute Gasteiger partial charge is 0.278 e. The van der Waals surface area contributed by atoms with Crippen molar-refractivity contribution in [1.29, 1.82) is 5.26 Å². The minimum atomic E-state index is -0.517. The second-order valence-corrected chi connectivity index (χ2v) is 3.79. The molecule has 4 nitrogen and oxygen atoms in total. The van der Waals surface area contributed by atoms with Gasteiger partial charge in [-0.3, -0.25) is 14.5 Å². The average Bonchev–Trinajstić information content (AvgIpc) is 2.63. The first kappa shape index (κ1) is 11.3. The number of benzene rings is 1. The Bertz CT molecular complexity index is 518. The van der Waals surface area contributed by atoms with E-state index in [2.05, 4.69) is 0 Å². The molecule has 0 aliphatic carbocycles. The standard InChI is InChI=1S/C12H9FN2O2/c13-10-2-1-8(6-14)5-9(10)7-15-11(16)3-4-12(15)17/h1-2,5H,3-4,7H2. The Morgan fingerprint density at radius 2 is 1.94 bits per heavy atom. The minimum absolute atomic E-state index is 0.0982. The molecule has 0 saturated carbocycles. The molecule has 0 radical (unpaired) electrons. The van der Waals surface area contributed by atoms with Crippen molar-refractivity contribution in [3.05, 3.63) is 35.1 Å². The number of nitrogens with zero attached hydrogens (tertiary/aromatic N) is 2. The van der Waals surface area contributed by atoms with Gasteiger partial charge >= 0.3 is 0 Å². The summed E-state index contributed by atoms with van der Waals surface area (Å²) in [6.07, 6.45) is 0.358. The summed E-state index contributed by atoms with van der Waals surface area (Å²) in [4.78, 5) is 23.8. The smallest absolute Gasteiger partial charge is 0.229 e. The van der Waals surface area contributed by atoms with Crippen LogP contribution in [0.25, 0.3) is 0 Å². The molecule has 2 amide bonds. The normalized spacial score (nSPS) is 15.2. The van der Waals surface area contributed by atoms with E-state index < -0.39 is 5.82 Å². The van der Waals surface area contributed by atoms with E-state index in [-0.39, 0.29) is 36.8 Å². The molecule has 0 atom stereocenters. The summed E-state index contributed by atoms with van der Waals surface area (Å²) in [5, 5.41) is 8.70. The van der Waals surface area contributed by atoms with Gasteiger partial charge in [-0.15, -0.1) is 0 Å². The molecule has 1 heterocycles. The Kier molecular flexibility index (Phi) is 2.88. The summed E-state index contributed by atoms with van der Waals surface area (Å²) in [5.41, 5.74) is 0.494. The quantitative estimate of drug-likeness (QED) is 0.723. The average molecular weight is 232 g/mol. The molecular weight excluding hydrogens is 223 g/mol. The second-order valence-electron chi connectivity index (χ2n) is 3.79. The van der Waals surface area contributed by atoms with Crippen LogP contribution in [0, 0.1) is 17.1 Å². The number of likely N-dealkylation sites (tertiary alicyclic amines) is 1. The molecule has 0 unspecified atom stereocenters. The zero-order valence-electron chi connectivity index (χ0n) is 8.94. The van der Waals surface area contributed by atoms with E-state index in [0.29, 0.717) is 5.56 Å². The lowest BCUT2D eigenvalue weighted by Crippen LogP contribution is -2.28. The van der Waals surface area contributed by atoms with Gasteiger partial charge in [0.25, 0.3) is 0 Å². The van der Waals surface area contributed by atoms with Crippen LogP contribution in [0.15, 0.2) is 18.2 Å². The van der Waals surface area contributed by atoms with Gasteiger partial charge in [0, 0.05) is 18.4 Å². The lowest BCUT2D eigenvalue weighted by atomic mass is 10.1. The van der Waals surface area contributed by atoms with Crippen LogP contribution in [0.5, 0.6) is 0 Å². The number of nitriles is 1. The number of rotatable bonds is 2. The number of hydrogen-bond donors (Lipinski definition) is 0. The van der Waals surface area contributed by atoms with Crippen LogP contribution >= 0.6 is 0 Å². The van der Waals surface area contributed by atoms with Crippen LogP contribution in [0.3, 0.4) is 0 Å². The number of hydrogen-bond acceptors (Lipinski definition) is 3. The molecular formula is C12H9FN2O2. The Labute approximate surface area is 97.3 Å². The van der Waals surface area contributed by atoms with Crippen LogP contribution < -0.4 is 0 Å². The number of carbonyl (C=O) groups excluding carboxylic acids is 2. The van der Waals surface area contributed by atoms with Crippen molar-refractivity contribution in [2.45, 2.75) is 19.4 Å². The first-order valence-corrected chi connectivity index (χ1v) is 5.13. The summed E-state index contributed by atoms with van der Waals surface area (Å²) < 4.78 is 13.5. The first-order valence-electron chi connectivity index (χ1n) is 5.13. The lowest BCUT2D eigenvalue weighted by Gasteiger charge is -2.14. The molecule has 0 spiro atoms. The van der Waals surface area contributed by atoms with E-state index in [4.69, 9.17) is 5.26 Å². The molecule has 17 heavy (non-hydrogen) atoms. The highest BCUT2D eigenvalue weighted by Gasteiger charge is 2.29. The third-order valence-electron chi connectivity index (χ3n) is 2.66. The van der Waals surface area contributed by atoms with Crippen molar-refractivity contribution >= 4 is 11.8 Å². The van der Waals surface area contributed by atoms with Crippen molar-refractivity contribution in [2.24, 2.45) is 0 Å². The highest BCUT2D eigenvalue weighted by molar-refractivity contribution is 6.01. The number of amides is 2. The van der Waals surface area contributed by atoms with Gasteiger partial charge in [-0.1, -0.05) is 0 Å². The second kappa shape index (κ2) is 4.34. The molecule has 1 saturated heterocycles. The zero-order chi connectivity index (χ0) is 12.4. The van der Waals surface area contributed by atoms with Gasteiger partial charge in [0.15, 0.2) is 0 Å². The monoisotopic (exact) mass is 232 g/mol. The van der Waals surface area contributed by atoms with Crippen LogP contribution in [0.1, 0.15) is 24.0 Å². The summed E-state index contributed by atoms with van der Waals surface area (Å²) in [6, 6.07) is 5.76. The van der Waals surface area contributed by atoms with Gasteiger partial charge in [0.2, 0.25) is 11.8 Å². The van der Waals surface area contributed by atoms with Crippen LogP contribution in [0.4, 0.5) is 4.39 Å². The fourth-order valence-electron chi connectivity index (χ4n) is 1.74. The molecule has 2 rings (SSSR count). The van der Waals surface area contributed by atoms with Gasteiger partial charge in [0.1, 0.15) is 5.82 Å². The van der Waals surface area contributed by atoms with Crippen LogP contribution in [-0.2, 0) is 16.1 Å². The molecule has 0 N–H and O–H groups in total. The van der Waals surface area contributed by atoms with Crippen molar-refractivity contribution in [3.63, 3.8) is 0 Å². The number of carbonyl (C=O) groups is 2. The molecule has 0 aromatic heterocycles. The van der Waals surface area contributed by atoms with Gasteiger partial charge in [-0.25, -0.2) is 4.39 Å². The van der Waals surface area contributed by atoms with Gasteiger partial charge in [0.05, 0.1) is 18.2 Å². The Hall–Kier alpha value is -2.22. The molecule has 0 bridgehead atoms. The van der Waals surface area contributed by atoms with E-state index in [1.807, 2.05) is 6.07 Å². The molecule has 1 aliphatic heterocycles. The molecule has 1 aromatic rings. The van der Waals surface area contributed by atoms with Crippen molar-refractivity contribution < 1.29 is 14.0 Å². The van der Waals surface area contributed by atoms with E-state index in [1.54, 1.807) is 0 Å². The highest BCUT2D eigenvalue weighted by atomic mass is 19.1. The predicted octanol–water partition coefficient (Wildman–Crippen LogP) is 1.35. The topological polar surface area (TPSA) is 61.2 Å². The molecule has 5 heteroatoms. The SMILES string of the molecule is N#Cc1ccc(F)c(CN2C(=O)CCC2=O)c1. The van der Waals surface area contributed by atoms with Gasteiger partial charge in [-0.05, 0) is 18.2 Å². The van der Waals surface area contributed by atoms with Crippen molar-refractivity contribution in [3.8, 4) is 6.07 Å². The summed E-state index contributed by atoms with van der Waals surface area (Å²) >= 11 is 0. The summed E-state index contributed by atoms with van der Waals surface area (Å²) in [7, 11) is 0. The number of imide groups is 1. The third kappa shape index (κ3) is 2.16.